The molecule has 2 rings (SSSR count). The van der Waals surface area contributed by atoms with E-state index in [2.05, 4.69) is 11.7 Å². The number of rotatable bonds is 4. The van der Waals surface area contributed by atoms with Crippen LogP contribution >= 0.6 is 0 Å². The van der Waals surface area contributed by atoms with Crippen LogP contribution in [0, 0.1) is 17.3 Å². The Hall–Kier alpha value is -0.570. The molecule has 0 aromatic rings. The molecule has 1 unspecified atom stereocenters. The second kappa shape index (κ2) is 4.97. The summed E-state index contributed by atoms with van der Waals surface area (Å²) in [6.45, 7) is 2.25. The topological polar surface area (TPSA) is 46.5 Å². The van der Waals surface area contributed by atoms with E-state index in [1.165, 1.54) is 39.2 Å². The minimum Gasteiger partial charge on any atom is -0.467 e. The Morgan fingerprint density at radius 2 is 1.94 bits per heavy atom. The molecule has 0 amide bonds. The summed E-state index contributed by atoms with van der Waals surface area (Å²) in [5.41, 5.74) is -0.133. The Labute approximate surface area is 104 Å². The number of aliphatic hydroxyl groups is 1. The fourth-order valence-electron chi connectivity index (χ4n) is 3.54. The van der Waals surface area contributed by atoms with Gasteiger partial charge in [0, 0.05) is 5.41 Å². The summed E-state index contributed by atoms with van der Waals surface area (Å²) < 4.78 is 4.68. The average Bonchev–Trinajstić information content (AvgIpc) is 3.18. The Bertz CT molecular complexity index is 275. The van der Waals surface area contributed by atoms with Crippen LogP contribution in [0.2, 0.25) is 0 Å². The first-order valence-corrected chi connectivity index (χ1v) is 6.90. The van der Waals surface area contributed by atoms with Gasteiger partial charge >= 0.3 is 5.97 Å². The maximum Gasteiger partial charge on any atom is 0.335 e. The third kappa shape index (κ3) is 2.35. The van der Waals surface area contributed by atoms with E-state index in [4.69, 9.17) is 0 Å². The molecular weight excluding hydrogens is 216 g/mol. The van der Waals surface area contributed by atoms with Gasteiger partial charge in [0.1, 0.15) is 0 Å². The maximum absolute atomic E-state index is 11.5. The van der Waals surface area contributed by atoms with Crippen molar-refractivity contribution in [2.24, 2.45) is 17.3 Å². The molecule has 0 bridgehead atoms. The van der Waals surface area contributed by atoms with Crippen LogP contribution in [0.4, 0.5) is 0 Å². The molecule has 0 aliphatic heterocycles. The number of hydrogen-bond acceptors (Lipinski definition) is 3. The maximum atomic E-state index is 11.5. The number of esters is 1. The van der Waals surface area contributed by atoms with Crippen molar-refractivity contribution in [2.45, 2.75) is 58.0 Å². The fourth-order valence-corrected chi connectivity index (χ4v) is 3.54. The molecule has 0 spiro atoms. The third-order valence-electron chi connectivity index (χ3n) is 5.03. The second-order valence-electron chi connectivity index (χ2n) is 5.78. The van der Waals surface area contributed by atoms with Gasteiger partial charge in [-0.15, -0.1) is 0 Å². The second-order valence-corrected chi connectivity index (χ2v) is 5.78. The van der Waals surface area contributed by atoms with E-state index < -0.39 is 12.1 Å². The van der Waals surface area contributed by atoms with Crippen LogP contribution in [0.5, 0.6) is 0 Å². The lowest BCUT2D eigenvalue weighted by molar-refractivity contribution is -0.156. The zero-order valence-electron chi connectivity index (χ0n) is 10.9. The average molecular weight is 240 g/mol. The highest BCUT2D eigenvalue weighted by atomic mass is 16.5. The van der Waals surface area contributed by atoms with Crippen molar-refractivity contribution in [3.63, 3.8) is 0 Å². The van der Waals surface area contributed by atoms with Crippen LogP contribution in [-0.2, 0) is 9.53 Å². The van der Waals surface area contributed by atoms with Gasteiger partial charge in [0.05, 0.1) is 7.11 Å². The lowest BCUT2D eigenvalue weighted by Gasteiger charge is -2.35. The van der Waals surface area contributed by atoms with Gasteiger partial charge in [0.2, 0.25) is 0 Å². The number of aliphatic hydroxyl groups excluding tert-OH is 1. The smallest absolute Gasteiger partial charge is 0.335 e. The summed E-state index contributed by atoms with van der Waals surface area (Å²) in [5, 5.41) is 10.1. The van der Waals surface area contributed by atoms with Gasteiger partial charge in [0.15, 0.2) is 6.10 Å². The zero-order chi connectivity index (χ0) is 12.5. The molecule has 2 saturated carbocycles. The van der Waals surface area contributed by atoms with Crippen molar-refractivity contribution in [3.05, 3.63) is 0 Å². The number of carbonyl (C=O) groups is 1. The molecule has 3 heteroatoms. The minimum atomic E-state index is -0.893. The van der Waals surface area contributed by atoms with Crippen molar-refractivity contribution in [3.8, 4) is 0 Å². The van der Waals surface area contributed by atoms with Gasteiger partial charge in [-0.2, -0.15) is 0 Å². The molecule has 0 aromatic carbocycles. The van der Waals surface area contributed by atoms with E-state index in [1.807, 2.05) is 0 Å². The summed E-state index contributed by atoms with van der Waals surface area (Å²) in [7, 11) is 1.36. The molecule has 0 heterocycles. The molecule has 98 valence electrons. The molecule has 0 aromatic heterocycles. The highest BCUT2D eigenvalue weighted by molar-refractivity contribution is 5.76. The van der Waals surface area contributed by atoms with Crippen LogP contribution in [-0.4, -0.2) is 24.3 Å². The predicted molar refractivity (Wildman–Crippen MR) is 65.4 cm³/mol. The molecule has 0 radical (unpaired) electrons. The first-order valence-electron chi connectivity index (χ1n) is 6.90. The van der Waals surface area contributed by atoms with E-state index in [9.17, 15) is 9.90 Å². The third-order valence-corrected chi connectivity index (χ3v) is 5.03. The van der Waals surface area contributed by atoms with Crippen molar-refractivity contribution in [2.75, 3.05) is 7.11 Å². The standard InChI is InChI=1S/C14H24O3/c1-3-10-4-6-11(7-5-10)14(8-9-14)12(15)13(16)17-2/h10-12,15H,3-9H2,1-2H3. The first kappa shape index (κ1) is 12.9. The van der Waals surface area contributed by atoms with Gasteiger partial charge in [0.25, 0.3) is 0 Å². The molecule has 0 saturated heterocycles. The summed E-state index contributed by atoms with van der Waals surface area (Å²) >= 11 is 0. The molecule has 2 aliphatic carbocycles. The van der Waals surface area contributed by atoms with Gasteiger partial charge in [-0.1, -0.05) is 26.2 Å². The molecule has 17 heavy (non-hydrogen) atoms. The Kier molecular flexibility index (Phi) is 3.76. The van der Waals surface area contributed by atoms with Crippen LogP contribution < -0.4 is 0 Å². The lowest BCUT2D eigenvalue weighted by Crippen LogP contribution is -2.38. The van der Waals surface area contributed by atoms with Gasteiger partial charge < -0.3 is 9.84 Å². The summed E-state index contributed by atoms with van der Waals surface area (Å²) in [6, 6.07) is 0. The van der Waals surface area contributed by atoms with Gasteiger partial charge in [-0.25, -0.2) is 4.79 Å². The van der Waals surface area contributed by atoms with Gasteiger partial charge in [-0.05, 0) is 37.5 Å². The number of carbonyl (C=O) groups excluding carboxylic acids is 1. The summed E-state index contributed by atoms with van der Waals surface area (Å²) in [4.78, 5) is 11.5. The number of ether oxygens (including phenoxy) is 1. The lowest BCUT2D eigenvalue weighted by atomic mass is 9.71. The van der Waals surface area contributed by atoms with E-state index in [1.54, 1.807) is 0 Å². The van der Waals surface area contributed by atoms with Crippen LogP contribution in [0.1, 0.15) is 51.9 Å². The largest absolute Gasteiger partial charge is 0.467 e. The molecular formula is C14H24O3. The molecule has 1 atom stereocenters. The number of methoxy groups -OCH3 is 1. The molecule has 1 N–H and O–H groups in total. The molecule has 3 nitrogen and oxygen atoms in total. The van der Waals surface area contributed by atoms with E-state index in [-0.39, 0.29) is 5.41 Å². The Balaban J connectivity index is 1.96. The fraction of sp³-hybridized carbons (Fsp3) is 0.929. The highest BCUT2D eigenvalue weighted by Gasteiger charge is 2.57. The van der Waals surface area contributed by atoms with Crippen LogP contribution in [0.25, 0.3) is 0 Å². The summed E-state index contributed by atoms with van der Waals surface area (Å²) in [6.07, 6.45) is 7.22. The normalized spacial score (nSPS) is 32.9. The van der Waals surface area contributed by atoms with Crippen molar-refractivity contribution < 1.29 is 14.6 Å². The molecule has 2 fully saturated rings. The van der Waals surface area contributed by atoms with Gasteiger partial charge in [-0.3, -0.25) is 0 Å². The number of hydrogen-bond donors (Lipinski definition) is 1. The molecule has 2 aliphatic rings. The van der Waals surface area contributed by atoms with Crippen LogP contribution in [0.15, 0.2) is 0 Å². The zero-order valence-corrected chi connectivity index (χ0v) is 10.9. The van der Waals surface area contributed by atoms with Crippen molar-refractivity contribution >= 4 is 5.97 Å². The van der Waals surface area contributed by atoms with Crippen LogP contribution in [0.3, 0.4) is 0 Å². The van der Waals surface area contributed by atoms with E-state index in [0.29, 0.717) is 5.92 Å². The van der Waals surface area contributed by atoms with Crippen molar-refractivity contribution in [1.29, 1.82) is 0 Å². The first-order chi connectivity index (χ1) is 8.14. The monoisotopic (exact) mass is 240 g/mol. The predicted octanol–water partition coefficient (Wildman–Crippen LogP) is 2.52. The minimum absolute atomic E-state index is 0.133. The Morgan fingerprint density at radius 1 is 1.35 bits per heavy atom. The Morgan fingerprint density at radius 3 is 2.35 bits per heavy atom. The van der Waals surface area contributed by atoms with E-state index in [0.717, 1.165) is 18.8 Å². The van der Waals surface area contributed by atoms with E-state index >= 15 is 0 Å². The highest BCUT2D eigenvalue weighted by Crippen LogP contribution is 2.59. The SMILES string of the molecule is CCC1CCC(C2(C(O)C(=O)OC)CC2)CC1. The summed E-state index contributed by atoms with van der Waals surface area (Å²) in [5.74, 6) is 0.942. The van der Waals surface area contributed by atoms with Crippen molar-refractivity contribution in [1.82, 2.24) is 0 Å². The quantitative estimate of drug-likeness (QED) is 0.768.